The number of rotatable bonds is 4. The van der Waals surface area contributed by atoms with Crippen LogP contribution in [0.1, 0.15) is 43.0 Å². The van der Waals surface area contributed by atoms with Gasteiger partial charge in [-0.05, 0) is 43.9 Å². The fourth-order valence-electron chi connectivity index (χ4n) is 4.19. The molecule has 23 heavy (non-hydrogen) atoms. The molecule has 124 valence electrons. The van der Waals surface area contributed by atoms with Crippen molar-refractivity contribution in [3.8, 4) is 5.75 Å². The monoisotopic (exact) mass is 321 g/mol. The van der Waals surface area contributed by atoms with Crippen molar-refractivity contribution in [3.63, 3.8) is 0 Å². The number of fused-ring (bicyclic) bond motifs is 2. The van der Waals surface area contributed by atoms with Crippen molar-refractivity contribution in [1.82, 2.24) is 4.90 Å². The zero-order valence-electron chi connectivity index (χ0n) is 13.2. The van der Waals surface area contributed by atoms with Crippen molar-refractivity contribution in [2.75, 3.05) is 7.11 Å². The minimum Gasteiger partial charge on any atom is -0.494 e. The number of amides is 1. The molecule has 0 aliphatic carbocycles. The van der Waals surface area contributed by atoms with Crippen LogP contribution in [0, 0.1) is 11.2 Å². The van der Waals surface area contributed by atoms with Gasteiger partial charge in [-0.25, -0.2) is 4.39 Å². The molecular weight excluding hydrogens is 301 g/mol. The molecule has 3 rings (SSSR count). The van der Waals surface area contributed by atoms with Gasteiger partial charge in [0, 0.05) is 17.6 Å². The Bertz CT molecular complexity index is 662. The maximum Gasteiger partial charge on any atom is 0.311 e. The molecule has 6 heteroatoms. The molecule has 5 nitrogen and oxygen atoms in total. The Morgan fingerprint density at radius 3 is 2.74 bits per heavy atom. The maximum atomic E-state index is 13.5. The van der Waals surface area contributed by atoms with E-state index in [0.29, 0.717) is 24.8 Å². The van der Waals surface area contributed by atoms with Gasteiger partial charge in [0.15, 0.2) is 11.6 Å². The summed E-state index contributed by atoms with van der Waals surface area (Å²) in [6, 6.07) is 3.66. The molecule has 2 saturated heterocycles. The lowest BCUT2D eigenvalue weighted by atomic mass is 9.72. The number of carboxylic acids is 1. The number of halogens is 1. The van der Waals surface area contributed by atoms with Crippen LogP contribution in [0.2, 0.25) is 0 Å². The first-order valence-electron chi connectivity index (χ1n) is 7.84. The molecule has 2 bridgehead atoms. The maximum absolute atomic E-state index is 13.5. The first-order chi connectivity index (χ1) is 10.9. The fraction of sp³-hybridized carbons (Fsp3) is 0.529. The summed E-state index contributed by atoms with van der Waals surface area (Å²) in [5.74, 6) is -1.58. The molecule has 0 saturated carbocycles. The Hall–Kier alpha value is -2.11. The van der Waals surface area contributed by atoms with Gasteiger partial charge in [0.2, 0.25) is 0 Å². The summed E-state index contributed by atoms with van der Waals surface area (Å²) in [4.78, 5) is 26.4. The molecule has 0 aromatic heterocycles. The second kappa shape index (κ2) is 5.51. The van der Waals surface area contributed by atoms with E-state index >= 15 is 0 Å². The summed E-state index contributed by atoms with van der Waals surface area (Å²) in [5.41, 5.74) is -0.527. The van der Waals surface area contributed by atoms with Gasteiger partial charge in [-0.1, -0.05) is 6.92 Å². The number of hydrogen-bond donors (Lipinski definition) is 1. The number of carbonyl (C=O) groups excluding carboxylic acids is 1. The number of benzene rings is 1. The van der Waals surface area contributed by atoms with Gasteiger partial charge in [-0.3, -0.25) is 9.59 Å². The predicted octanol–water partition coefficient (Wildman–Crippen LogP) is 2.69. The second-order valence-electron chi connectivity index (χ2n) is 6.33. The average molecular weight is 321 g/mol. The summed E-state index contributed by atoms with van der Waals surface area (Å²) in [6.07, 6.45) is 2.52. The number of carbonyl (C=O) groups is 2. The minimum absolute atomic E-state index is 0.0161. The van der Waals surface area contributed by atoms with E-state index in [1.54, 1.807) is 4.90 Å². The molecule has 3 atom stereocenters. The quantitative estimate of drug-likeness (QED) is 0.926. The molecule has 1 amide bonds. The van der Waals surface area contributed by atoms with E-state index in [0.717, 1.165) is 6.42 Å². The molecule has 2 heterocycles. The summed E-state index contributed by atoms with van der Waals surface area (Å²) in [5, 5.41) is 9.67. The van der Waals surface area contributed by atoms with Crippen LogP contribution in [0.3, 0.4) is 0 Å². The first kappa shape index (κ1) is 15.8. The molecule has 0 spiro atoms. The van der Waals surface area contributed by atoms with E-state index in [4.69, 9.17) is 4.74 Å². The Balaban J connectivity index is 1.94. The van der Waals surface area contributed by atoms with Crippen LogP contribution in [-0.2, 0) is 4.79 Å². The van der Waals surface area contributed by atoms with Crippen molar-refractivity contribution >= 4 is 11.9 Å². The number of hydrogen-bond acceptors (Lipinski definition) is 3. The highest BCUT2D eigenvalue weighted by Crippen LogP contribution is 2.52. The highest BCUT2D eigenvalue weighted by Gasteiger charge is 2.60. The molecular formula is C17H20FNO4. The van der Waals surface area contributed by atoms with Gasteiger partial charge in [-0.15, -0.1) is 0 Å². The van der Waals surface area contributed by atoms with Crippen molar-refractivity contribution in [3.05, 3.63) is 29.6 Å². The third-order valence-electron chi connectivity index (χ3n) is 5.43. The van der Waals surface area contributed by atoms with Crippen molar-refractivity contribution < 1.29 is 23.8 Å². The van der Waals surface area contributed by atoms with E-state index in [1.165, 1.54) is 25.3 Å². The van der Waals surface area contributed by atoms with Crippen LogP contribution in [-0.4, -0.2) is 41.1 Å². The van der Waals surface area contributed by atoms with Gasteiger partial charge in [-0.2, -0.15) is 0 Å². The first-order valence-corrected chi connectivity index (χ1v) is 7.84. The number of methoxy groups -OCH3 is 1. The summed E-state index contributed by atoms with van der Waals surface area (Å²) in [6.45, 7) is 1.86. The van der Waals surface area contributed by atoms with E-state index < -0.39 is 17.2 Å². The van der Waals surface area contributed by atoms with E-state index in [1.807, 2.05) is 6.92 Å². The lowest BCUT2D eigenvalue weighted by Gasteiger charge is -2.32. The third kappa shape index (κ3) is 2.19. The molecule has 1 aromatic rings. The number of ether oxygens (including phenoxy) is 1. The van der Waals surface area contributed by atoms with Crippen LogP contribution in [0.25, 0.3) is 0 Å². The van der Waals surface area contributed by atoms with Crippen LogP contribution < -0.4 is 4.74 Å². The lowest BCUT2D eigenvalue weighted by Crippen LogP contribution is -2.44. The van der Waals surface area contributed by atoms with Crippen LogP contribution in [0.5, 0.6) is 5.75 Å². The zero-order valence-corrected chi connectivity index (χ0v) is 13.2. The molecule has 2 aliphatic heterocycles. The van der Waals surface area contributed by atoms with Crippen LogP contribution >= 0.6 is 0 Å². The zero-order chi connectivity index (χ0) is 16.8. The Kier molecular flexibility index (Phi) is 3.78. The molecule has 1 N–H and O–H groups in total. The van der Waals surface area contributed by atoms with Gasteiger partial charge in [0.1, 0.15) is 0 Å². The molecule has 2 aliphatic rings. The molecule has 1 aromatic carbocycles. The Morgan fingerprint density at radius 2 is 2.17 bits per heavy atom. The minimum atomic E-state index is -0.858. The van der Waals surface area contributed by atoms with E-state index in [-0.39, 0.29) is 23.7 Å². The standard InChI is InChI=1S/C17H20FNO4/c1-3-17(16(21)22)9-11-5-7-14(17)19(11)15(20)10-4-6-12(18)13(8-10)23-2/h4,6,8,11,14H,3,5,7,9H2,1-2H3,(H,21,22)/t11-,14+,17+/m0/s1. The highest BCUT2D eigenvalue weighted by atomic mass is 19.1. The fourth-order valence-corrected chi connectivity index (χ4v) is 4.19. The average Bonchev–Trinajstić information content (AvgIpc) is 3.10. The SMILES string of the molecule is CC[C@@]1(C(=O)O)C[C@@H]2CC[C@H]1N2C(=O)c1ccc(F)c(OC)c1. The molecule has 0 radical (unpaired) electrons. The van der Waals surface area contributed by atoms with Crippen LogP contribution in [0.15, 0.2) is 18.2 Å². The summed E-state index contributed by atoms with van der Waals surface area (Å²) in [7, 11) is 1.35. The molecule has 0 unspecified atom stereocenters. The van der Waals surface area contributed by atoms with Gasteiger partial charge < -0.3 is 14.7 Å². The van der Waals surface area contributed by atoms with E-state index in [9.17, 15) is 19.1 Å². The number of aliphatic carboxylic acids is 1. The predicted molar refractivity (Wildman–Crippen MR) is 80.9 cm³/mol. The third-order valence-corrected chi connectivity index (χ3v) is 5.43. The second-order valence-corrected chi connectivity index (χ2v) is 6.33. The summed E-state index contributed by atoms with van der Waals surface area (Å²) < 4.78 is 18.5. The van der Waals surface area contributed by atoms with Crippen LogP contribution in [0.4, 0.5) is 4.39 Å². The van der Waals surface area contributed by atoms with E-state index in [2.05, 4.69) is 0 Å². The summed E-state index contributed by atoms with van der Waals surface area (Å²) >= 11 is 0. The van der Waals surface area contributed by atoms with Crippen molar-refractivity contribution in [2.45, 2.75) is 44.7 Å². The smallest absolute Gasteiger partial charge is 0.311 e. The topological polar surface area (TPSA) is 66.8 Å². The largest absolute Gasteiger partial charge is 0.494 e. The van der Waals surface area contributed by atoms with Gasteiger partial charge in [0.05, 0.1) is 12.5 Å². The number of nitrogens with zero attached hydrogens (tertiary/aromatic N) is 1. The van der Waals surface area contributed by atoms with Crippen molar-refractivity contribution in [2.24, 2.45) is 5.41 Å². The van der Waals surface area contributed by atoms with Crippen molar-refractivity contribution in [1.29, 1.82) is 0 Å². The highest BCUT2D eigenvalue weighted by molar-refractivity contribution is 5.96. The Morgan fingerprint density at radius 1 is 1.43 bits per heavy atom. The Labute approximate surface area is 134 Å². The number of carboxylic acid groups (broad SMARTS) is 1. The lowest BCUT2D eigenvalue weighted by molar-refractivity contribution is -0.151. The molecule has 2 fully saturated rings. The normalized spacial score (nSPS) is 28.9. The van der Waals surface area contributed by atoms with Gasteiger partial charge in [0.25, 0.3) is 5.91 Å². The van der Waals surface area contributed by atoms with Gasteiger partial charge >= 0.3 is 5.97 Å².